The van der Waals surface area contributed by atoms with Crippen LogP contribution in [0.2, 0.25) is 0 Å². The predicted molar refractivity (Wildman–Crippen MR) is 85.2 cm³/mol. The molecular weight excluding hydrogens is 252 g/mol. The number of likely N-dealkylation sites (N-methyl/N-ethyl adjacent to an activating group) is 1. The molecule has 0 aromatic heterocycles. The summed E-state index contributed by atoms with van der Waals surface area (Å²) in [6, 6.07) is 0. The Hall–Kier alpha value is -0.610. The SMILES string of the molecule is CCCCCCCCCC(=O)O.CCN1CCNCC1. The summed E-state index contributed by atoms with van der Waals surface area (Å²) in [6.07, 6.45) is 8.64. The Labute approximate surface area is 124 Å². The van der Waals surface area contributed by atoms with Gasteiger partial charge in [-0.1, -0.05) is 52.4 Å². The number of carbonyl (C=O) groups is 1. The second kappa shape index (κ2) is 14.8. The highest BCUT2D eigenvalue weighted by Gasteiger charge is 2.04. The van der Waals surface area contributed by atoms with E-state index in [2.05, 4.69) is 24.1 Å². The van der Waals surface area contributed by atoms with E-state index in [0.717, 1.165) is 12.8 Å². The van der Waals surface area contributed by atoms with Crippen molar-refractivity contribution in [3.8, 4) is 0 Å². The fraction of sp³-hybridized carbons (Fsp3) is 0.938. The van der Waals surface area contributed by atoms with Gasteiger partial charge in [0.05, 0.1) is 0 Å². The molecule has 4 nitrogen and oxygen atoms in total. The monoisotopic (exact) mass is 286 g/mol. The molecule has 1 saturated heterocycles. The zero-order valence-electron chi connectivity index (χ0n) is 13.5. The zero-order chi connectivity index (χ0) is 15.1. The Morgan fingerprint density at radius 2 is 1.55 bits per heavy atom. The highest BCUT2D eigenvalue weighted by atomic mass is 16.4. The van der Waals surface area contributed by atoms with Gasteiger partial charge in [0.15, 0.2) is 0 Å². The van der Waals surface area contributed by atoms with Crippen LogP contribution in [0, 0.1) is 0 Å². The Morgan fingerprint density at radius 1 is 1.00 bits per heavy atom. The van der Waals surface area contributed by atoms with E-state index in [1.54, 1.807) is 0 Å². The summed E-state index contributed by atoms with van der Waals surface area (Å²) in [4.78, 5) is 12.6. The topological polar surface area (TPSA) is 52.6 Å². The molecule has 0 aromatic carbocycles. The molecule has 0 aliphatic carbocycles. The molecule has 20 heavy (non-hydrogen) atoms. The van der Waals surface area contributed by atoms with E-state index in [0.29, 0.717) is 6.42 Å². The second-order valence-corrected chi connectivity index (χ2v) is 5.45. The molecule has 0 aromatic rings. The van der Waals surface area contributed by atoms with Crippen LogP contribution >= 0.6 is 0 Å². The van der Waals surface area contributed by atoms with Crippen molar-refractivity contribution >= 4 is 5.97 Å². The van der Waals surface area contributed by atoms with Crippen LogP contribution in [-0.4, -0.2) is 48.7 Å². The molecule has 1 aliphatic heterocycles. The average molecular weight is 286 g/mol. The molecule has 0 radical (unpaired) electrons. The van der Waals surface area contributed by atoms with Crippen molar-refractivity contribution < 1.29 is 9.90 Å². The summed E-state index contributed by atoms with van der Waals surface area (Å²) in [5, 5.41) is 11.7. The smallest absolute Gasteiger partial charge is 0.303 e. The van der Waals surface area contributed by atoms with Crippen LogP contribution in [0.15, 0.2) is 0 Å². The molecule has 1 fully saturated rings. The first-order chi connectivity index (χ1) is 9.70. The van der Waals surface area contributed by atoms with E-state index in [4.69, 9.17) is 5.11 Å². The molecule has 0 amide bonds. The molecule has 2 N–H and O–H groups in total. The summed E-state index contributed by atoms with van der Waals surface area (Å²) >= 11 is 0. The van der Waals surface area contributed by atoms with E-state index in [-0.39, 0.29) is 0 Å². The summed E-state index contributed by atoms with van der Waals surface area (Å²) in [5.41, 5.74) is 0. The number of hydrogen-bond donors (Lipinski definition) is 2. The summed E-state index contributed by atoms with van der Waals surface area (Å²) < 4.78 is 0. The number of carboxylic acid groups (broad SMARTS) is 1. The minimum Gasteiger partial charge on any atom is -0.481 e. The molecule has 0 bridgehead atoms. The molecular formula is C16H34N2O2. The summed E-state index contributed by atoms with van der Waals surface area (Å²) in [5.74, 6) is -0.663. The minimum atomic E-state index is -0.663. The Bertz CT molecular complexity index is 217. The van der Waals surface area contributed by atoms with Crippen molar-refractivity contribution in [1.82, 2.24) is 10.2 Å². The van der Waals surface area contributed by atoms with Crippen LogP contribution in [-0.2, 0) is 4.79 Å². The largest absolute Gasteiger partial charge is 0.481 e. The highest BCUT2D eigenvalue weighted by molar-refractivity contribution is 5.66. The third-order valence-electron chi connectivity index (χ3n) is 3.65. The molecule has 0 atom stereocenters. The minimum absolute atomic E-state index is 0.341. The molecule has 4 heteroatoms. The normalized spacial score (nSPS) is 15.5. The first-order valence-electron chi connectivity index (χ1n) is 8.35. The van der Waals surface area contributed by atoms with Gasteiger partial charge in [-0.2, -0.15) is 0 Å². The number of nitrogens with zero attached hydrogens (tertiary/aromatic N) is 1. The lowest BCUT2D eigenvalue weighted by Crippen LogP contribution is -2.43. The van der Waals surface area contributed by atoms with Crippen molar-refractivity contribution in [2.45, 2.75) is 65.2 Å². The first-order valence-corrected chi connectivity index (χ1v) is 8.35. The number of carboxylic acids is 1. The number of hydrogen-bond acceptors (Lipinski definition) is 3. The fourth-order valence-electron chi connectivity index (χ4n) is 2.26. The van der Waals surface area contributed by atoms with Crippen LogP contribution in [0.4, 0.5) is 0 Å². The quantitative estimate of drug-likeness (QED) is 0.639. The molecule has 1 rings (SSSR count). The summed E-state index contributed by atoms with van der Waals surface area (Å²) in [7, 11) is 0. The molecule has 120 valence electrons. The van der Waals surface area contributed by atoms with Gasteiger partial charge in [0.1, 0.15) is 0 Å². The van der Waals surface area contributed by atoms with Crippen LogP contribution in [0.1, 0.15) is 65.2 Å². The number of aliphatic carboxylic acids is 1. The predicted octanol–water partition coefficient (Wildman–Crippen LogP) is 3.12. The van der Waals surface area contributed by atoms with Crippen molar-refractivity contribution in [2.24, 2.45) is 0 Å². The third kappa shape index (κ3) is 13.8. The van der Waals surface area contributed by atoms with Gasteiger partial charge in [-0.25, -0.2) is 0 Å². The third-order valence-corrected chi connectivity index (χ3v) is 3.65. The van der Waals surface area contributed by atoms with E-state index in [9.17, 15) is 4.79 Å². The zero-order valence-corrected chi connectivity index (χ0v) is 13.5. The maximum Gasteiger partial charge on any atom is 0.303 e. The number of piperazine rings is 1. The average Bonchev–Trinajstić information content (AvgIpc) is 2.47. The number of rotatable bonds is 9. The van der Waals surface area contributed by atoms with Crippen LogP contribution < -0.4 is 5.32 Å². The first kappa shape index (κ1) is 19.4. The molecule has 0 saturated carbocycles. The lowest BCUT2D eigenvalue weighted by Gasteiger charge is -2.25. The maximum absolute atomic E-state index is 10.1. The lowest BCUT2D eigenvalue weighted by atomic mass is 10.1. The fourth-order valence-corrected chi connectivity index (χ4v) is 2.26. The van der Waals surface area contributed by atoms with Crippen LogP contribution in [0.5, 0.6) is 0 Å². The van der Waals surface area contributed by atoms with Gasteiger partial charge in [0.2, 0.25) is 0 Å². The van der Waals surface area contributed by atoms with Gasteiger partial charge >= 0.3 is 5.97 Å². The Balaban J connectivity index is 0.000000388. The molecule has 0 unspecified atom stereocenters. The van der Waals surface area contributed by atoms with E-state index in [1.807, 2.05) is 0 Å². The van der Waals surface area contributed by atoms with E-state index >= 15 is 0 Å². The Morgan fingerprint density at radius 3 is 2.00 bits per heavy atom. The van der Waals surface area contributed by atoms with E-state index < -0.39 is 5.97 Å². The maximum atomic E-state index is 10.1. The van der Waals surface area contributed by atoms with Gasteiger partial charge in [-0.3, -0.25) is 4.79 Å². The molecule has 0 spiro atoms. The van der Waals surface area contributed by atoms with E-state index in [1.165, 1.54) is 64.8 Å². The van der Waals surface area contributed by atoms with Gasteiger partial charge in [0, 0.05) is 32.6 Å². The van der Waals surface area contributed by atoms with Crippen LogP contribution in [0.3, 0.4) is 0 Å². The van der Waals surface area contributed by atoms with Gasteiger partial charge in [-0.15, -0.1) is 0 Å². The van der Waals surface area contributed by atoms with Crippen molar-refractivity contribution in [1.29, 1.82) is 0 Å². The Kier molecular flexibility index (Phi) is 14.3. The highest BCUT2D eigenvalue weighted by Crippen LogP contribution is 2.07. The van der Waals surface area contributed by atoms with Crippen molar-refractivity contribution in [3.63, 3.8) is 0 Å². The summed E-state index contributed by atoms with van der Waals surface area (Å²) in [6.45, 7) is 10.4. The number of nitrogens with one attached hydrogen (secondary N) is 1. The second-order valence-electron chi connectivity index (χ2n) is 5.45. The molecule has 1 heterocycles. The molecule has 1 aliphatic rings. The lowest BCUT2D eigenvalue weighted by molar-refractivity contribution is -0.137. The van der Waals surface area contributed by atoms with Crippen LogP contribution in [0.25, 0.3) is 0 Å². The van der Waals surface area contributed by atoms with Crippen molar-refractivity contribution in [3.05, 3.63) is 0 Å². The standard InChI is InChI=1S/C10H20O2.C6H14N2/c1-2-3-4-5-6-7-8-9-10(11)12;1-2-8-5-3-7-4-6-8/h2-9H2,1H3,(H,11,12);7H,2-6H2,1H3. The van der Waals surface area contributed by atoms with Gasteiger partial charge in [0.25, 0.3) is 0 Å². The number of unbranched alkanes of at least 4 members (excludes halogenated alkanes) is 6. The van der Waals surface area contributed by atoms with Gasteiger partial charge in [-0.05, 0) is 13.0 Å². The van der Waals surface area contributed by atoms with Gasteiger partial charge < -0.3 is 15.3 Å². The van der Waals surface area contributed by atoms with Crippen molar-refractivity contribution in [2.75, 3.05) is 32.7 Å².